The number of carbonyl (C=O) groups is 1. The highest BCUT2D eigenvalue weighted by Crippen LogP contribution is 2.24. The Labute approximate surface area is 125 Å². The highest BCUT2D eigenvalue weighted by molar-refractivity contribution is 6.18. The molecule has 0 spiro atoms. The number of ether oxygens (including phenoxy) is 1. The Bertz CT molecular complexity index is 569. The zero-order chi connectivity index (χ0) is 15.6. The molecule has 0 bridgehead atoms. The fraction of sp³-hybridized carbons (Fsp3) is 0.462. The first kappa shape index (κ1) is 15.7. The van der Waals surface area contributed by atoms with Gasteiger partial charge in [-0.1, -0.05) is 0 Å². The monoisotopic (exact) mass is 316 g/mol. The van der Waals surface area contributed by atoms with Crippen LogP contribution in [0.15, 0.2) is 18.2 Å². The summed E-state index contributed by atoms with van der Waals surface area (Å²) in [6.45, 7) is 2.33. The zero-order valence-corrected chi connectivity index (χ0v) is 12.0. The SMILES string of the molecule is CC1COC(CCl)CN1C(=O)c1ccc(F)cc1[N+](=O)[O-]. The molecular formula is C13H14ClFN2O4. The molecule has 1 saturated heterocycles. The summed E-state index contributed by atoms with van der Waals surface area (Å²) >= 11 is 5.73. The number of carbonyl (C=O) groups excluding carboxylic acids is 1. The van der Waals surface area contributed by atoms with E-state index >= 15 is 0 Å². The van der Waals surface area contributed by atoms with Gasteiger partial charge in [-0.05, 0) is 19.1 Å². The molecule has 114 valence electrons. The molecule has 2 rings (SSSR count). The van der Waals surface area contributed by atoms with E-state index in [1.807, 2.05) is 0 Å². The molecule has 1 aromatic carbocycles. The minimum Gasteiger partial charge on any atom is -0.373 e. The summed E-state index contributed by atoms with van der Waals surface area (Å²) in [6, 6.07) is 2.68. The van der Waals surface area contributed by atoms with Gasteiger partial charge in [0.25, 0.3) is 11.6 Å². The predicted octanol–water partition coefficient (Wildman–Crippen LogP) is 2.20. The van der Waals surface area contributed by atoms with Gasteiger partial charge in [-0.25, -0.2) is 4.39 Å². The molecule has 0 radical (unpaired) electrons. The molecular weight excluding hydrogens is 303 g/mol. The number of nitro benzene ring substituents is 1. The summed E-state index contributed by atoms with van der Waals surface area (Å²) < 4.78 is 18.6. The number of rotatable bonds is 3. The first-order chi connectivity index (χ1) is 9.93. The van der Waals surface area contributed by atoms with Crippen LogP contribution in [0.1, 0.15) is 17.3 Å². The maximum absolute atomic E-state index is 13.1. The van der Waals surface area contributed by atoms with Crippen molar-refractivity contribution < 1.29 is 18.8 Å². The third-order valence-corrected chi connectivity index (χ3v) is 3.67. The van der Waals surface area contributed by atoms with Crippen LogP contribution in [0.5, 0.6) is 0 Å². The van der Waals surface area contributed by atoms with Crippen molar-refractivity contribution in [1.82, 2.24) is 4.90 Å². The van der Waals surface area contributed by atoms with Crippen LogP contribution in [0, 0.1) is 15.9 Å². The number of benzene rings is 1. The Balaban J connectivity index is 2.32. The number of nitrogens with zero attached hydrogens (tertiary/aromatic N) is 2. The molecule has 0 saturated carbocycles. The summed E-state index contributed by atoms with van der Waals surface area (Å²) in [5.74, 6) is -1.05. The average molecular weight is 317 g/mol. The quantitative estimate of drug-likeness (QED) is 0.487. The van der Waals surface area contributed by atoms with Crippen LogP contribution in [-0.4, -0.2) is 46.9 Å². The van der Waals surface area contributed by atoms with Crippen molar-refractivity contribution >= 4 is 23.2 Å². The summed E-state index contributed by atoms with van der Waals surface area (Å²) in [5.41, 5.74) is -0.676. The fourth-order valence-electron chi connectivity index (χ4n) is 2.19. The molecule has 0 aliphatic carbocycles. The Morgan fingerprint density at radius 2 is 2.33 bits per heavy atom. The van der Waals surface area contributed by atoms with Crippen LogP contribution in [0.4, 0.5) is 10.1 Å². The lowest BCUT2D eigenvalue weighted by molar-refractivity contribution is -0.385. The van der Waals surface area contributed by atoms with Crippen LogP contribution in [0.2, 0.25) is 0 Å². The second-order valence-electron chi connectivity index (χ2n) is 4.83. The fourth-order valence-corrected chi connectivity index (χ4v) is 2.37. The third-order valence-electron chi connectivity index (χ3n) is 3.33. The highest BCUT2D eigenvalue weighted by atomic mass is 35.5. The van der Waals surface area contributed by atoms with E-state index in [1.165, 1.54) is 4.90 Å². The summed E-state index contributed by atoms with van der Waals surface area (Å²) in [6.07, 6.45) is -0.314. The van der Waals surface area contributed by atoms with Gasteiger partial charge in [-0.3, -0.25) is 14.9 Å². The first-order valence-electron chi connectivity index (χ1n) is 6.36. The summed E-state index contributed by atoms with van der Waals surface area (Å²) in [7, 11) is 0. The second kappa shape index (κ2) is 6.36. The number of hydrogen-bond acceptors (Lipinski definition) is 4. The van der Waals surface area contributed by atoms with E-state index in [4.69, 9.17) is 16.3 Å². The van der Waals surface area contributed by atoms with Gasteiger partial charge in [0.2, 0.25) is 0 Å². The van der Waals surface area contributed by atoms with Gasteiger partial charge >= 0.3 is 0 Å². The standard InChI is InChI=1S/C13H14ClFN2O4/c1-8-7-21-10(5-14)6-16(8)13(18)11-3-2-9(15)4-12(11)17(19)20/h2-4,8,10H,5-7H2,1H3. The van der Waals surface area contributed by atoms with Crippen molar-refractivity contribution in [2.24, 2.45) is 0 Å². The van der Waals surface area contributed by atoms with Crippen LogP contribution < -0.4 is 0 Å². The maximum Gasteiger partial charge on any atom is 0.285 e. The number of morpholine rings is 1. The lowest BCUT2D eigenvalue weighted by Gasteiger charge is -2.37. The van der Waals surface area contributed by atoms with Crippen molar-refractivity contribution in [2.75, 3.05) is 19.0 Å². The predicted molar refractivity (Wildman–Crippen MR) is 74.0 cm³/mol. The molecule has 2 unspecified atom stereocenters. The first-order valence-corrected chi connectivity index (χ1v) is 6.90. The number of halogens is 2. The number of alkyl halides is 1. The minimum atomic E-state index is -0.763. The normalized spacial score (nSPS) is 22.1. The van der Waals surface area contributed by atoms with E-state index in [2.05, 4.69) is 0 Å². The molecule has 0 N–H and O–H groups in total. The smallest absolute Gasteiger partial charge is 0.285 e. The van der Waals surface area contributed by atoms with E-state index in [0.29, 0.717) is 6.61 Å². The minimum absolute atomic E-state index is 0.136. The van der Waals surface area contributed by atoms with E-state index in [1.54, 1.807) is 6.92 Å². The molecule has 6 nitrogen and oxygen atoms in total. The summed E-state index contributed by atoms with van der Waals surface area (Å²) in [5, 5.41) is 11.0. The number of hydrogen-bond donors (Lipinski definition) is 0. The van der Waals surface area contributed by atoms with Crippen molar-refractivity contribution in [2.45, 2.75) is 19.1 Å². The van der Waals surface area contributed by atoms with Crippen LogP contribution in [0.3, 0.4) is 0 Å². The molecule has 21 heavy (non-hydrogen) atoms. The maximum atomic E-state index is 13.1. The lowest BCUT2D eigenvalue weighted by atomic mass is 10.1. The van der Waals surface area contributed by atoms with Crippen molar-refractivity contribution in [3.63, 3.8) is 0 Å². The van der Waals surface area contributed by atoms with Crippen LogP contribution in [0.25, 0.3) is 0 Å². The van der Waals surface area contributed by atoms with Gasteiger partial charge < -0.3 is 9.64 Å². The molecule has 0 aromatic heterocycles. The molecule has 1 aliphatic heterocycles. The van der Waals surface area contributed by atoms with E-state index in [-0.39, 0.29) is 30.1 Å². The van der Waals surface area contributed by atoms with Crippen LogP contribution in [-0.2, 0) is 4.74 Å². The Morgan fingerprint density at radius 3 is 2.95 bits per heavy atom. The zero-order valence-electron chi connectivity index (χ0n) is 11.3. The highest BCUT2D eigenvalue weighted by Gasteiger charge is 2.33. The topological polar surface area (TPSA) is 72.7 Å². The summed E-state index contributed by atoms with van der Waals surface area (Å²) in [4.78, 5) is 24.2. The van der Waals surface area contributed by atoms with E-state index in [0.717, 1.165) is 18.2 Å². The van der Waals surface area contributed by atoms with Gasteiger partial charge in [0.05, 0.1) is 35.6 Å². The van der Waals surface area contributed by atoms with Gasteiger partial charge in [-0.2, -0.15) is 0 Å². The molecule has 1 amide bonds. The second-order valence-corrected chi connectivity index (χ2v) is 5.14. The van der Waals surface area contributed by atoms with Crippen molar-refractivity contribution in [3.05, 3.63) is 39.7 Å². The third kappa shape index (κ3) is 3.30. The molecule has 8 heteroatoms. The molecule has 1 aliphatic rings. The van der Waals surface area contributed by atoms with Crippen LogP contribution >= 0.6 is 11.6 Å². The van der Waals surface area contributed by atoms with Gasteiger partial charge in [0.15, 0.2) is 0 Å². The largest absolute Gasteiger partial charge is 0.373 e. The van der Waals surface area contributed by atoms with Crippen molar-refractivity contribution in [1.29, 1.82) is 0 Å². The lowest BCUT2D eigenvalue weighted by Crippen LogP contribution is -2.51. The number of amides is 1. The van der Waals surface area contributed by atoms with Crippen molar-refractivity contribution in [3.8, 4) is 0 Å². The Kier molecular flexibility index (Phi) is 4.74. The Hall–Kier alpha value is -1.73. The van der Waals surface area contributed by atoms with E-state index < -0.39 is 22.3 Å². The molecule has 1 fully saturated rings. The van der Waals surface area contributed by atoms with Gasteiger partial charge in [-0.15, -0.1) is 11.6 Å². The number of nitro groups is 1. The molecule has 1 heterocycles. The van der Waals surface area contributed by atoms with Gasteiger partial charge in [0, 0.05) is 6.54 Å². The average Bonchev–Trinajstić information content (AvgIpc) is 2.47. The molecule has 2 atom stereocenters. The molecule has 1 aromatic rings. The van der Waals surface area contributed by atoms with E-state index in [9.17, 15) is 19.3 Å². The van der Waals surface area contributed by atoms with Gasteiger partial charge in [0.1, 0.15) is 11.4 Å². The Morgan fingerprint density at radius 1 is 1.62 bits per heavy atom.